The normalized spacial score (nSPS) is 34.0. The van der Waals surface area contributed by atoms with Gasteiger partial charge in [0.2, 0.25) is 5.91 Å². The molecule has 3 aliphatic heterocycles. The van der Waals surface area contributed by atoms with Crippen molar-refractivity contribution in [3.05, 3.63) is 48.0 Å². The van der Waals surface area contributed by atoms with Crippen LogP contribution in [0.5, 0.6) is 0 Å². The van der Waals surface area contributed by atoms with E-state index in [1.54, 1.807) is 0 Å². The molecule has 1 aromatic carbocycles. The minimum atomic E-state index is -2.05. The van der Waals surface area contributed by atoms with Gasteiger partial charge in [0.25, 0.3) is 0 Å². The molecular formula is C24H35NO3Si. The second kappa shape index (κ2) is 7.07. The van der Waals surface area contributed by atoms with Crippen molar-refractivity contribution in [1.29, 1.82) is 0 Å². The summed E-state index contributed by atoms with van der Waals surface area (Å²) in [7, 11) is -2.05. The van der Waals surface area contributed by atoms with Gasteiger partial charge in [-0.2, -0.15) is 0 Å². The Kier molecular flexibility index (Phi) is 5.08. The highest BCUT2D eigenvalue weighted by Gasteiger charge is 2.65. The lowest BCUT2D eigenvalue weighted by molar-refractivity contribution is -0.173. The topological polar surface area (TPSA) is 38.8 Å². The number of benzene rings is 1. The highest BCUT2D eigenvalue weighted by molar-refractivity contribution is 6.74. The Hall–Kier alpha value is -1.43. The first-order valence-electron chi connectivity index (χ1n) is 11.0. The Morgan fingerprint density at radius 1 is 1.24 bits per heavy atom. The lowest BCUT2D eigenvalue weighted by Crippen LogP contribution is -2.68. The van der Waals surface area contributed by atoms with Crippen LogP contribution in [-0.4, -0.2) is 43.0 Å². The summed E-state index contributed by atoms with van der Waals surface area (Å²) in [6, 6.07) is 10.3. The van der Waals surface area contributed by atoms with Crippen LogP contribution >= 0.6 is 0 Å². The van der Waals surface area contributed by atoms with Crippen LogP contribution in [0.2, 0.25) is 18.1 Å². The monoisotopic (exact) mass is 413 g/mol. The Morgan fingerprint density at radius 2 is 1.93 bits per heavy atom. The molecule has 1 spiro atoms. The molecule has 2 bridgehead atoms. The molecule has 1 aromatic rings. The van der Waals surface area contributed by atoms with Gasteiger partial charge >= 0.3 is 0 Å². The second-order valence-corrected chi connectivity index (χ2v) is 15.1. The van der Waals surface area contributed by atoms with Crippen molar-refractivity contribution >= 4 is 14.2 Å². The van der Waals surface area contributed by atoms with Crippen LogP contribution in [0.1, 0.15) is 46.1 Å². The molecule has 0 unspecified atom stereocenters. The van der Waals surface area contributed by atoms with Crippen molar-refractivity contribution in [3.8, 4) is 0 Å². The number of rotatable bonds is 5. The molecule has 0 aliphatic carbocycles. The smallest absolute Gasteiger partial charge is 0.229 e. The molecule has 2 fully saturated rings. The molecule has 29 heavy (non-hydrogen) atoms. The van der Waals surface area contributed by atoms with Crippen molar-refractivity contribution in [1.82, 2.24) is 4.90 Å². The molecule has 2 saturated heterocycles. The number of nitrogens with zero attached hydrogens (tertiary/aromatic N) is 1. The molecule has 158 valence electrons. The van der Waals surface area contributed by atoms with Gasteiger partial charge in [-0.1, -0.05) is 70.2 Å². The van der Waals surface area contributed by atoms with Gasteiger partial charge in [-0.15, -0.1) is 0 Å². The van der Waals surface area contributed by atoms with Crippen molar-refractivity contribution < 1.29 is 14.0 Å². The van der Waals surface area contributed by atoms with E-state index in [1.807, 2.05) is 18.2 Å². The Morgan fingerprint density at radius 3 is 2.52 bits per heavy atom. The molecule has 0 N–H and O–H groups in total. The summed E-state index contributed by atoms with van der Waals surface area (Å²) in [5.41, 5.74) is 0.575. The maximum atomic E-state index is 13.6. The number of likely N-dealkylation sites (tertiary alicyclic amines) is 1. The zero-order valence-electron chi connectivity index (χ0n) is 18.6. The third-order valence-corrected chi connectivity index (χ3v) is 12.0. The Labute approximate surface area is 176 Å². The van der Waals surface area contributed by atoms with Gasteiger partial charge in [-0.3, -0.25) is 4.79 Å². The summed E-state index contributed by atoms with van der Waals surface area (Å²) in [4.78, 5) is 15.7. The number of hydrogen-bond donors (Lipinski definition) is 0. The largest absolute Gasteiger partial charge is 0.409 e. The zero-order chi connectivity index (χ0) is 21.0. The second-order valence-electron chi connectivity index (χ2n) is 10.4. The summed E-state index contributed by atoms with van der Waals surface area (Å²) in [6.45, 7) is 14.2. The highest BCUT2D eigenvalue weighted by Crippen LogP contribution is 2.53. The Bertz CT molecular complexity index is 800. The van der Waals surface area contributed by atoms with Gasteiger partial charge in [0.1, 0.15) is 5.60 Å². The van der Waals surface area contributed by atoms with Crippen molar-refractivity contribution in [3.63, 3.8) is 0 Å². The van der Waals surface area contributed by atoms with E-state index >= 15 is 0 Å². The first kappa shape index (κ1) is 20.8. The van der Waals surface area contributed by atoms with E-state index in [0.717, 1.165) is 12.8 Å². The van der Waals surface area contributed by atoms with Gasteiger partial charge in [0, 0.05) is 6.54 Å². The van der Waals surface area contributed by atoms with E-state index in [-0.39, 0.29) is 35.1 Å². The number of carbonyl (C=O) groups excluding carboxylic acids is 1. The van der Waals surface area contributed by atoms with E-state index < -0.39 is 13.9 Å². The minimum absolute atomic E-state index is 0.00887. The average Bonchev–Trinajstić information content (AvgIpc) is 3.25. The molecule has 1 amide bonds. The number of amides is 1. The lowest BCUT2D eigenvalue weighted by atomic mass is 9.72. The zero-order valence-corrected chi connectivity index (χ0v) is 19.6. The van der Waals surface area contributed by atoms with Gasteiger partial charge in [-0.05, 0) is 36.5 Å². The molecule has 4 rings (SSSR count). The van der Waals surface area contributed by atoms with Crippen LogP contribution in [0.25, 0.3) is 0 Å². The van der Waals surface area contributed by atoms with Crippen LogP contribution in [0.4, 0.5) is 0 Å². The molecular weight excluding hydrogens is 378 g/mol. The van der Waals surface area contributed by atoms with Crippen LogP contribution in [0, 0.1) is 5.92 Å². The van der Waals surface area contributed by atoms with E-state index in [4.69, 9.17) is 9.16 Å². The molecule has 0 saturated carbocycles. The standard InChI is InChI=1S/C24H35NO3Si/c1-7-20-21(28-29(5,6)23(2,3)4)24-14-13-18(27-24)15-19(24)22(26)25(20)16-17-11-9-8-10-12-17/h8-14,18-21H,7,15-16H2,1-6H3/t18-,19+,20+,21+,24+/m1/s1. The molecule has 0 aromatic heterocycles. The maximum absolute atomic E-state index is 13.6. The molecule has 0 radical (unpaired) electrons. The van der Waals surface area contributed by atoms with Crippen LogP contribution in [-0.2, 0) is 20.5 Å². The van der Waals surface area contributed by atoms with Crippen molar-refractivity contribution in [2.45, 2.75) is 89.1 Å². The van der Waals surface area contributed by atoms with E-state index in [0.29, 0.717) is 6.54 Å². The third kappa shape index (κ3) is 3.31. The lowest BCUT2D eigenvalue weighted by Gasteiger charge is -2.54. The number of piperidine rings is 1. The highest BCUT2D eigenvalue weighted by atomic mass is 28.4. The number of fused-ring (bicyclic) bond motifs is 1. The number of hydrogen-bond acceptors (Lipinski definition) is 3. The fourth-order valence-corrected chi connectivity index (χ4v) is 6.23. The Balaban J connectivity index is 1.73. The predicted molar refractivity (Wildman–Crippen MR) is 118 cm³/mol. The molecule has 3 heterocycles. The van der Waals surface area contributed by atoms with E-state index in [9.17, 15) is 4.79 Å². The van der Waals surface area contributed by atoms with Gasteiger partial charge in [-0.25, -0.2) is 0 Å². The average molecular weight is 414 g/mol. The minimum Gasteiger partial charge on any atom is -0.409 e. The molecule has 5 heteroatoms. The maximum Gasteiger partial charge on any atom is 0.229 e. The SMILES string of the molecule is CC[C@H]1[C@H](O[Si](C)(C)C(C)(C)C)[C@]23C=C[C@H](C[C@H]2C(=O)N1Cc1ccccc1)O3. The summed E-state index contributed by atoms with van der Waals surface area (Å²) < 4.78 is 13.5. The third-order valence-electron chi connectivity index (χ3n) is 7.56. The first-order valence-corrected chi connectivity index (χ1v) is 13.9. The van der Waals surface area contributed by atoms with Gasteiger partial charge in [0.15, 0.2) is 8.32 Å². The molecule has 3 aliphatic rings. The van der Waals surface area contributed by atoms with Crippen LogP contribution in [0.3, 0.4) is 0 Å². The van der Waals surface area contributed by atoms with Crippen molar-refractivity contribution in [2.24, 2.45) is 5.92 Å². The van der Waals surface area contributed by atoms with E-state index in [2.05, 4.69) is 70.0 Å². The fourth-order valence-electron chi connectivity index (χ4n) is 4.90. The van der Waals surface area contributed by atoms with Gasteiger partial charge < -0.3 is 14.1 Å². The summed E-state index contributed by atoms with van der Waals surface area (Å²) in [6.07, 6.45) is 5.85. The number of ether oxygens (including phenoxy) is 1. The predicted octanol–water partition coefficient (Wildman–Crippen LogP) is 4.91. The van der Waals surface area contributed by atoms with Crippen LogP contribution < -0.4 is 0 Å². The first-order chi connectivity index (χ1) is 13.6. The number of carbonyl (C=O) groups is 1. The van der Waals surface area contributed by atoms with Gasteiger partial charge in [0.05, 0.1) is 24.2 Å². The summed E-state index contributed by atoms with van der Waals surface area (Å²) >= 11 is 0. The van der Waals surface area contributed by atoms with E-state index in [1.165, 1.54) is 5.56 Å². The van der Waals surface area contributed by atoms with Crippen LogP contribution in [0.15, 0.2) is 42.5 Å². The fraction of sp³-hybridized carbons (Fsp3) is 0.625. The molecule has 4 nitrogen and oxygen atoms in total. The molecule has 5 atom stereocenters. The summed E-state index contributed by atoms with van der Waals surface area (Å²) in [5.74, 6) is 0.0846. The van der Waals surface area contributed by atoms with Crippen molar-refractivity contribution in [2.75, 3.05) is 0 Å². The quantitative estimate of drug-likeness (QED) is 0.508. The summed E-state index contributed by atoms with van der Waals surface area (Å²) in [5, 5.41) is 0.101.